The number of esters is 1. The molecule has 1 N–H and O–H groups in total. The van der Waals surface area contributed by atoms with Crippen LogP contribution in [0.5, 0.6) is 0 Å². The van der Waals surface area contributed by atoms with E-state index in [0.29, 0.717) is 17.2 Å². The van der Waals surface area contributed by atoms with Crippen molar-refractivity contribution < 1.29 is 14.3 Å². The predicted molar refractivity (Wildman–Crippen MR) is 132 cm³/mol. The van der Waals surface area contributed by atoms with Crippen molar-refractivity contribution in [2.75, 3.05) is 5.32 Å². The van der Waals surface area contributed by atoms with Crippen LogP contribution in [0.25, 0.3) is 0 Å². The van der Waals surface area contributed by atoms with E-state index in [4.69, 9.17) is 4.74 Å². The van der Waals surface area contributed by atoms with Crippen molar-refractivity contribution in [1.29, 1.82) is 0 Å². The molecule has 0 fully saturated rings. The van der Waals surface area contributed by atoms with Gasteiger partial charge in [0.2, 0.25) is 0 Å². The van der Waals surface area contributed by atoms with Crippen LogP contribution in [-0.4, -0.2) is 23.0 Å². The maximum absolute atomic E-state index is 12.8. The molecule has 32 heavy (non-hydrogen) atoms. The highest BCUT2D eigenvalue weighted by Gasteiger charge is 2.22. The van der Waals surface area contributed by atoms with Crippen LogP contribution in [0.2, 0.25) is 0 Å². The molecule has 168 valence electrons. The van der Waals surface area contributed by atoms with Crippen LogP contribution in [-0.2, 0) is 15.3 Å². The van der Waals surface area contributed by atoms with E-state index in [1.54, 1.807) is 42.2 Å². The van der Waals surface area contributed by atoms with Crippen molar-refractivity contribution in [3.8, 4) is 0 Å². The zero-order chi connectivity index (χ0) is 23.1. The highest BCUT2D eigenvalue weighted by molar-refractivity contribution is 8.00. The van der Waals surface area contributed by atoms with Crippen LogP contribution in [0.15, 0.2) is 58.3 Å². The molecule has 0 aliphatic rings. The van der Waals surface area contributed by atoms with Crippen molar-refractivity contribution in [1.82, 2.24) is 4.98 Å². The lowest BCUT2D eigenvalue weighted by atomic mass is 9.97. The van der Waals surface area contributed by atoms with E-state index < -0.39 is 12.1 Å². The summed E-state index contributed by atoms with van der Waals surface area (Å²) in [6, 6.07) is 15.1. The molecule has 1 amide bonds. The number of thiazole rings is 1. The summed E-state index contributed by atoms with van der Waals surface area (Å²) in [6.45, 7) is 7.78. The van der Waals surface area contributed by atoms with Gasteiger partial charge < -0.3 is 10.1 Å². The topological polar surface area (TPSA) is 68.3 Å². The highest BCUT2D eigenvalue weighted by Crippen LogP contribution is 2.28. The summed E-state index contributed by atoms with van der Waals surface area (Å²) < 4.78 is 6.48. The molecule has 5 nitrogen and oxygen atoms in total. The zero-order valence-electron chi connectivity index (χ0n) is 18.8. The maximum Gasteiger partial charge on any atom is 0.339 e. The minimum Gasteiger partial charge on any atom is -0.449 e. The third-order valence-corrected chi connectivity index (χ3v) is 7.39. The normalized spacial score (nSPS) is 12.8. The summed E-state index contributed by atoms with van der Waals surface area (Å²) in [5.74, 6) is 0.0603. The van der Waals surface area contributed by atoms with Crippen LogP contribution in [0, 0.1) is 6.92 Å². The Bertz CT molecular complexity index is 1080. The van der Waals surface area contributed by atoms with Crippen molar-refractivity contribution in [2.24, 2.45) is 0 Å². The number of anilines is 1. The monoisotopic (exact) mass is 468 g/mol. The number of amides is 1. The van der Waals surface area contributed by atoms with Gasteiger partial charge >= 0.3 is 5.97 Å². The Balaban J connectivity index is 1.65. The first-order valence-electron chi connectivity index (χ1n) is 10.6. The van der Waals surface area contributed by atoms with Crippen molar-refractivity contribution in [3.63, 3.8) is 0 Å². The molecule has 0 aliphatic carbocycles. The number of aryl methyl sites for hydroxylation is 1. The minimum atomic E-state index is -0.921. The molecule has 0 saturated heterocycles. The molecular weight excluding hydrogens is 440 g/mol. The Hall–Kier alpha value is -2.64. The Morgan fingerprint density at radius 1 is 1.12 bits per heavy atom. The van der Waals surface area contributed by atoms with Gasteiger partial charge in [-0.15, -0.1) is 11.3 Å². The Morgan fingerprint density at radius 2 is 1.84 bits per heavy atom. The Morgan fingerprint density at radius 3 is 2.56 bits per heavy atom. The number of thioether (sulfide) groups is 1. The highest BCUT2D eigenvalue weighted by atomic mass is 32.2. The van der Waals surface area contributed by atoms with E-state index in [2.05, 4.69) is 24.1 Å². The molecule has 0 aliphatic heterocycles. The zero-order valence-corrected chi connectivity index (χ0v) is 20.4. The Kier molecular flexibility index (Phi) is 8.47. The van der Waals surface area contributed by atoms with Gasteiger partial charge in [-0.05, 0) is 49.4 Å². The standard InChI is InChI=1S/C25H28N2O3S2/c1-5-16(2)20-11-8-9-13-22(20)27-23(28)18(4)30-24(29)21-12-7-6-10-19(21)15-32-25-26-17(3)14-31-25/h6-14,16,18H,5,15H2,1-4H3,(H,27,28)/t16-,18-/m1/s1. The van der Waals surface area contributed by atoms with Crippen molar-refractivity contribution in [2.45, 2.75) is 56.2 Å². The van der Waals surface area contributed by atoms with Gasteiger partial charge in [0.25, 0.3) is 5.91 Å². The summed E-state index contributed by atoms with van der Waals surface area (Å²) in [6.07, 6.45) is 0.0436. The molecular formula is C25H28N2O3S2. The van der Waals surface area contributed by atoms with Crippen LogP contribution in [0.1, 0.15) is 60.3 Å². The lowest BCUT2D eigenvalue weighted by molar-refractivity contribution is -0.123. The average Bonchev–Trinajstić information content (AvgIpc) is 3.22. The van der Waals surface area contributed by atoms with Gasteiger partial charge in [-0.2, -0.15) is 0 Å². The van der Waals surface area contributed by atoms with Crippen LogP contribution in [0.4, 0.5) is 5.69 Å². The molecule has 7 heteroatoms. The lowest BCUT2D eigenvalue weighted by Gasteiger charge is -2.18. The molecule has 2 atom stereocenters. The van der Waals surface area contributed by atoms with Gasteiger partial charge in [-0.25, -0.2) is 9.78 Å². The number of aromatic nitrogens is 1. The van der Waals surface area contributed by atoms with E-state index in [-0.39, 0.29) is 5.91 Å². The van der Waals surface area contributed by atoms with E-state index in [9.17, 15) is 9.59 Å². The van der Waals surface area contributed by atoms with E-state index in [1.807, 2.05) is 48.7 Å². The molecule has 2 aromatic carbocycles. The first kappa shape index (κ1) is 24.0. The summed E-state index contributed by atoms with van der Waals surface area (Å²) >= 11 is 3.17. The summed E-state index contributed by atoms with van der Waals surface area (Å²) in [7, 11) is 0. The molecule has 0 spiro atoms. The molecule has 0 radical (unpaired) electrons. The number of carbonyl (C=O) groups is 2. The second-order valence-electron chi connectivity index (χ2n) is 7.63. The number of hydrogen-bond donors (Lipinski definition) is 1. The van der Waals surface area contributed by atoms with Gasteiger partial charge in [0.15, 0.2) is 6.10 Å². The number of nitrogens with one attached hydrogen (secondary N) is 1. The van der Waals surface area contributed by atoms with Crippen LogP contribution in [0.3, 0.4) is 0 Å². The summed E-state index contributed by atoms with van der Waals surface area (Å²) in [5.41, 5.74) is 4.13. The number of nitrogens with zero attached hydrogens (tertiary/aromatic N) is 1. The molecule has 3 rings (SSSR count). The fourth-order valence-electron chi connectivity index (χ4n) is 3.16. The van der Waals surface area contributed by atoms with Gasteiger partial charge in [-0.3, -0.25) is 4.79 Å². The van der Waals surface area contributed by atoms with Gasteiger partial charge in [0, 0.05) is 22.5 Å². The second-order valence-corrected chi connectivity index (χ2v) is 9.71. The Labute approximate surface area is 197 Å². The number of rotatable bonds is 9. The third-order valence-electron chi connectivity index (χ3n) is 5.20. The minimum absolute atomic E-state index is 0.315. The fraction of sp³-hybridized carbons (Fsp3) is 0.320. The maximum atomic E-state index is 12.8. The van der Waals surface area contributed by atoms with E-state index >= 15 is 0 Å². The lowest BCUT2D eigenvalue weighted by Crippen LogP contribution is -2.30. The van der Waals surface area contributed by atoms with Gasteiger partial charge in [-0.1, -0.05) is 62.0 Å². The first-order chi connectivity index (χ1) is 15.4. The molecule has 1 heterocycles. The second kappa shape index (κ2) is 11.3. The number of benzene rings is 2. The molecule has 3 aromatic rings. The van der Waals surface area contributed by atoms with Crippen molar-refractivity contribution in [3.05, 3.63) is 76.3 Å². The van der Waals surface area contributed by atoms with Crippen LogP contribution < -0.4 is 5.32 Å². The molecule has 0 saturated carbocycles. The van der Waals surface area contributed by atoms with E-state index in [1.165, 1.54) is 0 Å². The van der Waals surface area contributed by atoms with Crippen molar-refractivity contribution >= 4 is 40.7 Å². The average molecular weight is 469 g/mol. The largest absolute Gasteiger partial charge is 0.449 e. The number of ether oxygens (including phenoxy) is 1. The number of carbonyl (C=O) groups excluding carboxylic acids is 2. The van der Waals surface area contributed by atoms with Gasteiger partial charge in [0.05, 0.1) is 5.56 Å². The predicted octanol–water partition coefficient (Wildman–Crippen LogP) is 6.44. The molecule has 0 unspecified atom stereocenters. The number of para-hydroxylation sites is 1. The number of hydrogen-bond acceptors (Lipinski definition) is 6. The smallest absolute Gasteiger partial charge is 0.339 e. The quantitative estimate of drug-likeness (QED) is 0.289. The fourth-order valence-corrected chi connectivity index (χ4v) is 5.01. The van der Waals surface area contributed by atoms with Gasteiger partial charge in [0.1, 0.15) is 4.34 Å². The summed E-state index contributed by atoms with van der Waals surface area (Å²) in [5, 5.41) is 4.92. The van der Waals surface area contributed by atoms with E-state index in [0.717, 1.165) is 33.3 Å². The molecule has 0 bridgehead atoms. The summed E-state index contributed by atoms with van der Waals surface area (Å²) in [4.78, 5) is 30.0. The SMILES string of the molecule is CC[C@@H](C)c1ccccc1NC(=O)[C@@H](C)OC(=O)c1ccccc1CSc1nc(C)cs1. The first-order valence-corrected chi connectivity index (χ1v) is 12.5. The molecule has 1 aromatic heterocycles. The third kappa shape index (κ3) is 6.20. The van der Waals surface area contributed by atoms with Crippen LogP contribution >= 0.6 is 23.1 Å².